The Hall–Kier alpha value is -1.53. The lowest BCUT2D eigenvalue weighted by molar-refractivity contribution is 0.648. The lowest BCUT2D eigenvalue weighted by Crippen LogP contribution is -2.13. The molecular formula is C11H13N3. The van der Waals surface area contributed by atoms with Crippen LogP contribution in [-0.4, -0.2) is 6.54 Å². The van der Waals surface area contributed by atoms with Gasteiger partial charge < -0.3 is 11.1 Å². The summed E-state index contributed by atoms with van der Waals surface area (Å²) < 4.78 is 0. The molecule has 0 saturated carbocycles. The molecule has 0 spiro atoms. The lowest BCUT2D eigenvalue weighted by atomic mass is 10.0. The molecule has 0 amide bonds. The van der Waals surface area contributed by atoms with Gasteiger partial charge in [-0.05, 0) is 37.1 Å². The van der Waals surface area contributed by atoms with Crippen LogP contribution in [0.1, 0.15) is 30.0 Å². The van der Waals surface area contributed by atoms with Crippen LogP contribution in [0.4, 0.5) is 5.69 Å². The molecule has 1 fully saturated rings. The summed E-state index contributed by atoms with van der Waals surface area (Å²) in [5, 5.41) is 12.2. The highest BCUT2D eigenvalue weighted by atomic mass is 14.9. The number of nitriles is 1. The Labute approximate surface area is 83.5 Å². The van der Waals surface area contributed by atoms with Crippen LogP contribution in [0.5, 0.6) is 0 Å². The molecule has 1 aliphatic heterocycles. The maximum absolute atomic E-state index is 8.84. The van der Waals surface area contributed by atoms with Gasteiger partial charge in [0.1, 0.15) is 6.07 Å². The van der Waals surface area contributed by atoms with E-state index < -0.39 is 0 Å². The largest absolute Gasteiger partial charge is 0.398 e. The van der Waals surface area contributed by atoms with Crippen LogP contribution in [0.2, 0.25) is 0 Å². The molecule has 1 aliphatic rings. The average Bonchev–Trinajstić information content (AvgIpc) is 2.71. The zero-order valence-corrected chi connectivity index (χ0v) is 7.96. The van der Waals surface area contributed by atoms with Crippen molar-refractivity contribution in [3.63, 3.8) is 0 Å². The summed E-state index contributed by atoms with van der Waals surface area (Å²) in [6.45, 7) is 1.07. The van der Waals surface area contributed by atoms with Crippen LogP contribution in [0, 0.1) is 11.3 Å². The van der Waals surface area contributed by atoms with Crippen molar-refractivity contribution in [1.29, 1.82) is 5.26 Å². The molecule has 1 saturated heterocycles. The fourth-order valence-corrected chi connectivity index (χ4v) is 1.86. The summed E-state index contributed by atoms with van der Waals surface area (Å²) in [6, 6.07) is 8.21. The van der Waals surface area contributed by atoms with Crippen LogP contribution in [-0.2, 0) is 0 Å². The number of hydrogen-bond donors (Lipinski definition) is 2. The molecule has 0 unspecified atom stereocenters. The van der Waals surface area contributed by atoms with E-state index in [-0.39, 0.29) is 0 Å². The first-order valence-electron chi connectivity index (χ1n) is 4.84. The van der Waals surface area contributed by atoms with Gasteiger partial charge in [0, 0.05) is 11.7 Å². The summed E-state index contributed by atoms with van der Waals surface area (Å²) in [7, 11) is 0. The van der Waals surface area contributed by atoms with Gasteiger partial charge in [-0.1, -0.05) is 6.07 Å². The van der Waals surface area contributed by atoms with Crippen molar-refractivity contribution in [2.45, 2.75) is 18.9 Å². The van der Waals surface area contributed by atoms with Crippen molar-refractivity contribution >= 4 is 5.69 Å². The topological polar surface area (TPSA) is 61.8 Å². The van der Waals surface area contributed by atoms with Gasteiger partial charge in [0.25, 0.3) is 0 Å². The molecule has 0 bridgehead atoms. The van der Waals surface area contributed by atoms with Crippen LogP contribution in [0.3, 0.4) is 0 Å². The van der Waals surface area contributed by atoms with Gasteiger partial charge in [-0.3, -0.25) is 0 Å². The van der Waals surface area contributed by atoms with Crippen molar-refractivity contribution < 1.29 is 0 Å². The average molecular weight is 187 g/mol. The second kappa shape index (κ2) is 3.69. The van der Waals surface area contributed by atoms with Crippen LogP contribution < -0.4 is 11.1 Å². The maximum atomic E-state index is 8.84. The maximum Gasteiger partial charge on any atom is 0.101 e. The van der Waals surface area contributed by atoms with Crippen molar-refractivity contribution in [1.82, 2.24) is 5.32 Å². The summed E-state index contributed by atoms with van der Waals surface area (Å²) in [5.74, 6) is 0. The van der Waals surface area contributed by atoms with E-state index in [4.69, 9.17) is 11.0 Å². The SMILES string of the molecule is N#Cc1cc([C@@H]2CCCN2)ccc1N. The Kier molecular flexibility index (Phi) is 2.38. The number of nitrogens with one attached hydrogen (secondary N) is 1. The molecule has 3 heteroatoms. The third-order valence-corrected chi connectivity index (χ3v) is 2.66. The predicted molar refractivity (Wildman–Crippen MR) is 55.5 cm³/mol. The zero-order valence-electron chi connectivity index (χ0n) is 7.96. The third kappa shape index (κ3) is 1.57. The Morgan fingerprint density at radius 1 is 1.50 bits per heavy atom. The van der Waals surface area contributed by atoms with E-state index >= 15 is 0 Å². The molecule has 1 aromatic carbocycles. The molecule has 2 rings (SSSR count). The summed E-state index contributed by atoms with van der Waals surface area (Å²) in [4.78, 5) is 0. The molecule has 72 valence electrons. The third-order valence-electron chi connectivity index (χ3n) is 2.66. The normalized spacial score (nSPS) is 20.6. The zero-order chi connectivity index (χ0) is 9.97. The number of benzene rings is 1. The molecule has 0 aliphatic carbocycles. The van der Waals surface area contributed by atoms with Crippen LogP contribution >= 0.6 is 0 Å². The van der Waals surface area contributed by atoms with Gasteiger partial charge in [-0.2, -0.15) is 5.26 Å². The van der Waals surface area contributed by atoms with Gasteiger partial charge in [-0.25, -0.2) is 0 Å². The molecule has 1 aromatic rings. The minimum absolute atomic E-state index is 0.405. The Morgan fingerprint density at radius 3 is 3.00 bits per heavy atom. The summed E-state index contributed by atoms with van der Waals surface area (Å²) in [6.07, 6.45) is 2.35. The van der Waals surface area contributed by atoms with Gasteiger partial charge in [-0.15, -0.1) is 0 Å². The lowest BCUT2D eigenvalue weighted by Gasteiger charge is -2.11. The molecule has 0 aromatic heterocycles. The molecular weight excluding hydrogens is 174 g/mol. The summed E-state index contributed by atoms with van der Waals surface area (Å²) >= 11 is 0. The van der Waals surface area contributed by atoms with Gasteiger partial charge in [0.15, 0.2) is 0 Å². The fourth-order valence-electron chi connectivity index (χ4n) is 1.86. The van der Waals surface area contributed by atoms with Crippen molar-refractivity contribution in [2.24, 2.45) is 0 Å². The van der Waals surface area contributed by atoms with E-state index in [0.29, 0.717) is 17.3 Å². The quantitative estimate of drug-likeness (QED) is 0.656. The predicted octanol–water partition coefficient (Wildman–Crippen LogP) is 1.56. The molecule has 1 atom stereocenters. The van der Waals surface area contributed by atoms with Crippen molar-refractivity contribution in [3.05, 3.63) is 29.3 Å². The highest BCUT2D eigenvalue weighted by Crippen LogP contribution is 2.25. The molecule has 0 radical (unpaired) electrons. The van der Waals surface area contributed by atoms with Gasteiger partial charge in [0.2, 0.25) is 0 Å². The number of nitrogen functional groups attached to an aromatic ring is 1. The fraction of sp³-hybridized carbons (Fsp3) is 0.364. The van der Waals surface area contributed by atoms with Crippen molar-refractivity contribution in [2.75, 3.05) is 12.3 Å². The Bertz CT molecular complexity index is 373. The minimum atomic E-state index is 0.405. The van der Waals surface area contributed by atoms with E-state index in [1.807, 2.05) is 18.2 Å². The second-order valence-electron chi connectivity index (χ2n) is 3.61. The number of rotatable bonds is 1. The first-order chi connectivity index (χ1) is 6.81. The van der Waals surface area contributed by atoms with E-state index in [1.165, 1.54) is 12.0 Å². The second-order valence-corrected chi connectivity index (χ2v) is 3.61. The number of anilines is 1. The first kappa shape index (κ1) is 9.04. The monoisotopic (exact) mass is 187 g/mol. The van der Waals surface area contributed by atoms with E-state index in [2.05, 4.69) is 11.4 Å². The molecule has 1 heterocycles. The highest BCUT2D eigenvalue weighted by Gasteiger charge is 2.16. The van der Waals surface area contributed by atoms with E-state index in [0.717, 1.165) is 13.0 Å². The van der Waals surface area contributed by atoms with Crippen molar-refractivity contribution in [3.8, 4) is 6.07 Å². The van der Waals surface area contributed by atoms with Crippen LogP contribution in [0.15, 0.2) is 18.2 Å². The molecule has 3 nitrogen and oxygen atoms in total. The molecule has 14 heavy (non-hydrogen) atoms. The Morgan fingerprint density at radius 2 is 2.36 bits per heavy atom. The van der Waals surface area contributed by atoms with Crippen LogP contribution in [0.25, 0.3) is 0 Å². The molecule has 3 N–H and O–H groups in total. The van der Waals surface area contributed by atoms with Gasteiger partial charge >= 0.3 is 0 Å². The summed E-state index contributed by atoms with van der Waals surface area (Å²) in [5.41, 5.74) is 7.97. The smallest absolute Gasteiger partial charge is 0.101 e. The number of nitrogens with two attached hydrogens (primary N) is 1. The minimum Gasteiger partial charge on any atom is -0.398 e. The standard InChI is InChI=1S/C11H13N3/c12-7-9-6-8(3-4-10(9)13)11-2-1-5-14-11/h3-4,6,11,14H,1-2,5,13H2/t11-/m0/s1. The van der Waals surface area contributed by atoms with Gasteiger partial charge in [0.05, 0.1) is 5.56 Å². The Balaban J connectivity index is 2.31. The number of hydrogen-bond acceptors (Lipinski definition) is 3. The van der Waals surface area contributed by atoms with E-state index in [1.54, 1.807) is 0 Å². The van der Waals surface area contributed by atoms with E-state index in [9.17, 15) is 0 Å². The highest BCUT2D eigenvalue weighted by molar-refractivity contribution is 5.55. The number of nitrogens with zero attached hydrogens (tertiary/aromatic N) is 1. The first-order valence-corrected chi connectivity index (χ1v) is 4.84.